The van der Waals surface area contributed by atoms with Gasteiger partial charge >= 0.3 is 0 Å². The highest BCUT2D eigenvalue weighted by Gasteiger charge is 2.38. The van der Waals surface area contributed by atoms with E-state index in [1.807, 2.05) is 29.2 Å². The number of ether oxygens (including phenoxy) is 1. The highest BCUT2D eigenvalue weighted by atomic mass is 35.5. The smallest absolute Gasteiger partial charge is 0.258 e. The Balaban J connectivity index is 1.45. The second-order valence-electron chi connectivity index (χ2n) is 8.33. The summed E-state index contributed by atoms with van der Waals surface area (Å²) in [4.78, 5) is 32.6. The van der Waals surface area contributed by atoms with Gasteiger partial charge in [0.15, 0.2) is 0 Å². The highest BCUT2D eigenvalue weighted by Crippen LogP contribution is 2.29. The van der Waals surface area contributed by atoms with Crippen LogP contribution in [0.3, 0.4) is 0 Å². The molecule has 1 atom stereocenters. The molecule has 0 spiro atoms. The lowest BCUT2D eigenvalue weighted by molar-refractivity contribution is -0.135. The third-order valence-corrected chi connectivity index (χ3v) is 6.59. The van der Waals surface area contributed by atoms with E-state index in [0.29, 0.717) is 54.5 Å². The Kier molecular flexibility index (Phi) is 7.05. The van der Waals surface area contributed by atoms with Crippen LogP contribution >= 0.6 is 11.6 Å². The summed E-state index contributed by atoms with van der Waals surface area (Å²) < 4.78 is 5.35. The maximum atomic E-state index is 13.5. The van der Waals surface area contributed by atoms with Gasteiger partial charge in [-0.1, -0.05) is 11.6 Å². The van der Waals surface area contributed by atoms with E-state index in [1.165, 1.54) is 7.11 Å². The lowest BCUT2D eigenvalue weighted by Gasteiger charge is -2.30. The van der Waals surface area contributed by atoms with Crippen LogP contribution in [-0.2, 0) is 4.79 Å². The molecule has 0 bridgehead atoms. The van der Waals surface area contributed by atoms with Gasteiger partial charge in [0, 0.05) is 43.4 Å². The maximum Gasteiger partial charge on any atom is 0.258 e. The lowest BCUT2D eigenvalue weighted by atomic mass is 10.1. The van der Waals surface area contributed by atoms with Gasteiger partial charge < -0.3 is 19.4 Å². The number of amides is 2. The van der Waals surface area contributed by atoms with Crippen molar-refractivity contribution in [2.24, 2.45) is 0 Å². The molecule has 4 rings (SSSR count). The fourth-order valence-corrected chi connectivity index (χ4v) is 4.79. The van der Waals surface area contributed by atoms with Crippen LogP contribution in [0.4, 0.5) is 5.69 Å². The number of hydrogen-bond acceptors (Lipinski definition) is 5. The summed E-state index contributed by atoms with van der Waals surface area (Å²) in [5.74, 6) is 0.234. The van der Waals surface area contributed by atoms with Crippen molar-refractivity contribution in [1.29, 1.82) is 5.26 Å². The van der Waals surface area contributed by atoms with Crippen molar-refractivity contribution >= 4 is 29.1 Å². The summed E-state index contributed by atoms with van der Waals surface area (Å²) in [5, 5.41) is 9.47. The minimum atomic E-state index is -0.470. The van der Waals surface area contributed by atoms with Crippen molar-refractivity contribution in [2.75, 3.05) is 44.7 Å². The molecule has 172 valence electrons. The Morgan fingerprint density at radius 3 is 2.55 bits per heavy atom. The number of likely N-dealkylation sites (tertiary alicyclic amines) is 1. The lowest BCUT2D eigenvalue weighted by Crippen LogP contribution is -2.48. The van der Waals surface area contributed by atoms with Gasteiger partial charge in [-0.3, -0.25) is 9.59 Å². The second-order valence-corrected chi connectivity index (χ2v) is 8.76. The Hall–Kier alpha value is -3.24. The van der Waals surface area contributed by atoms with Crippen LogP contribution in [0, 0.1) is 11.3 Å². The quantitative estimate of drug-likeness (QED) is 0.688. The fraction of sp³-hybridized carbons (Fsp3) is 0.400. The number of methoxy groups -OCH3 is 1. The van der Waals surface area contributed by atoms with E-state index >= 15 is 0 Å². The first-order valence-corrected chi connectivity index (χ1v) is 11.6. The van der Waals surface area contributed by atoms with Gasteiger partial charge in [0.2, 0.25) is 5.91 Å². The molecule has 1 unspecified atom stereocenters. The second kappa shape index (κ2) is 10.1. The molecule has 2 fully saturated rings. The first kappa shape index (κ1) is 22.9. The van der Waals surface area contributed by atoms with Crippen molar-refractivity contribution < 1.29 is 14.3 Å². The number of hydrogen-bond donors (Lipinski definition) is 0. The first-order valence-electron chi connectivity index (χ1n) is 11.2. The molecule has 0 N–H and O–H groups in total. The van der Waals surface area contributed by atoms with E-state index in [9.17, 15) is 9.59 Å². The SMILES string of the molecule is COc1ccc(Cl)cc1C(=O)N1CCCC1C(=O)N1CCCN(c2ccc(C#N)cc2)CC1. The van der Waals surface area contributed by atoms with Crippen molar-refractivity contribution in [3.63, 3.8) is 0 Å². The molecule has 2 heterocycles. The Morgan fingerprint density at radius 1 is 1.03 bits per heavy atom. The maximum absolute atomic E-state index is 13.5. The average molecular weight is 467 g/mol. The number of nitrogens with zero attached hydrogens (tertiary/aromatic N) is 4. The highest BCUT2D eigenvalue weighted by molar-refractivity contribution is 6.31. The minimum Gasteiger partial charge on any atom is -0.496 e. The van der Waals surface area contributed by atoms with E-state index in [-0.39, 0.29) is 11.8 Å². The van der Waals surface area contributed by atoms with Gasteiger partial charge in [-0.2, -0.15) is 5.26 Å². The Labute approximate surface area is 199 Å². The summed E-state index contributed by atoms with van der Waals surface area (Å²) in [6.45, 7) is 3.34. The molecule has 2 saturated heterocycles. The van der Waals surface area contributed by atoms with Crippen LogP contribution in [0.25, 0.3) is 0 Å². The summed E-state index contributed by atoms with van der Waals surface area (Å²) in [5.41, 5.74) is 2.06. The van der Waals surface area contributed by atoms with Crippen LogP contribution in [0.1, 0.15) is 35.2 Å². The zero-order valence-corrected chi connectivity index (χ0v) is 19.4. The monoisotopic (exact) mass is 466 g/mol. The molecular formula is C25H27ClN4O3. The van der Waals surface area contributed by atoms with Crippen LogP contribution in [0.15, 0.2) is 42.5 Å². The number of carbonyl (C=O) groups excluding carboxylic acids is 2. The number of carbonyl (C=O) groups is 2. The largest absolute Gasteiger partial charge is 0.496 e. The van der Waals surface area contributed by atoms with E-state index in [1.54, 1.807) is 23.1 Å². The molecule has 0 saturated carbocycles. The number of rotatable bonds is 4. The van der Waals surface area contributed by atoms with Crippen molar-refractivity contribution in [1.82, 2.24) is 9.80 Å². The summed E-state index contributed by atoms with van der Waals surface area (Å²) in [6, 6.07) is 14.2. The third-order valence-electron chi connectivity index (χ3n) is 6.36. The number of halogens is 1. The summed E-state index contributed by atoms with van der Waals surface area (Å²) in [7, 11) is 1.52. The predicted octanol–water partition coefficient (Wildman–Crippen LogP) is 3.56. The molecule has 2 aromatic carbocycles. The molecule has 2 aromatic rings. The molecule has 0 radical (unpaired) electrons. The zero-order valence-electron chi connectivity index (χ0n) is 18.7. The fourth-order valence-electron chi connectivity index (χ4n) is 4.62. The molecule has 0 aromatic heterocycles. The van der Waals surface area contributed by atoms with E-state index in [0.717, 1.165) is 25.1 Å². The molecule has 7 nitrogen and oxygen atoms in total. The van der Waals surface area contributed by atoms with Gasteiger partial charge in [0.25, 0.3) is 5.91 Å². The van der Waals surface area contributed by atoms with Gasteiger partial charge in [0.1, 0.15) is 11.8 Å². The third kappa shape index (κ3) is 4.91. The standard InChI is InChI=1S/C25H27ClN4O3/c1-33-23-10-7-19(26)16-21(23)24(31)30-13-2-4-22(30)25(32)29-12-3-11-28(14-15-29)20-8-5-18(17-27)6-9-20/h5-10,16,22H,2-4,11-15H2,1H3. The summed E-state index contributed by atoms with van der Waals surface area (Å²) >= 11 is 6.12. The topological polar surface area (TPSA) is 76.9 Å². The van der Waals surface area contributed by atoms with E-state index < -0.39 is 6.04 Å². The van der Waals surface area contributed by atoms with Crippen LogP contribution in [0.2, 0.25) is 5.02 Å². The Morgan fingerprint density at radius 2 is 1.82 bits per heavy atom. The van der Waals surface area contributed by atoms with Crippen LogP contribution in [-0.4, -0.2) is 67.5 Å². The van der Waals surface area contributed by atoms with Gasteiger partial charge in [0.05, 0.1) is 24.3 Å². The molecule has 33 heavy (non-hydrogen) atoms. The van der Waals surface area contributed by atoms with Gasteiger partial charge in [-0.15, -0.1) is 0 Å². The normalized spacial score (nSPS) is 18.6. The number of benzene rings is 2. The minimum absolute atomic E-state index is 0.00326. The molecular weight excluding hydrogens is 440 g/mol. The van der Waals surface area contributed by atoms with Crippen LogP contribution < -0.4 is 9.64 Å². The molecule has 8 heteroatoms. The predicted molar refractivity (Wildman–Crippen MR) is 127 cm³/mol. The van der Waals surface area contributed by atoms with Crippen molar-refractivity contribution in [3.05, 3.63) is 58.6 Å². The van der Waals surface area contributed by atoms with Crippen molar-refractivity contribution in [2.45, 2.75) is 25.3 Å². The number of anilines is 1. The van der Waals surface area contributed by atoms with Gasteiger partial charge in [-0.25, -0.2) is 0 Å². The molecule has 2 aliphatic rings. The first-order chi connectivity index (χ1) is 16.0. The Bertz CT molecular complexity index is 1070. The number of nitriles is 1. The van der Waals surface area contributed by atoms with E-state index in [4.69, 9.17) is 21.6 Å². The molecule has 0 aliphatic carbocycles. The van der Waals surface area contributed by atoms with Gasteiger partial charge in [-0.05, 0) is 61.7 Å². The molecule has 2 amide bonds. The molecule has 2 aliphatic heterocycles. The van der Waals surface area contributed by atoms with E-state index in [2.05, 4.69) is 11.0 Å². The van der Waals surface area contributed by atoms with Crippen molar-refractivity contribution in [3.8, 4) is 11.8 Å². The summed E-state index contributed by atoms with van der Waals surface area (Å²) in [6.07, 6.45) is 2.29. The zero-order chi connectivity index (χ0) is 23.4. The average Bonchev–Trinajstić information content (AvgIpc) is 3.20. The van der Waals surface area contributed by atoms with Crippen LogP contribution in [0.5, 0.6) is 5.75 Å².